The second-order valence-electron chi connectivity index (χ2n) is 3.03. The summed E-state index contributed by atoms with van der Waals surface area (Å²) in [6, 6.07) is 7.32. The molecule has 0 spiro atoms. The Morgan fingerprint density at radius 1 is 1.47 bits per heavy atom. The second-order valence-corrected chi connectivity index (χ2v) is 3.88. The summed E-state index contributed by atoms with van der Waals surface area (Å²) in [4.78, 5) is 0. The third-order valence-electron chi connectivity index (χ3n) is 2.01. The van der Waals surface area contributed by atoms with Crippen molar-refractivity contribution in [3.8, 4) is 5.69 Å². The molecule has 1 aromatic carbocycles. The van der Waals surface area contributed by atoms with Gasteiger partial charge in [-0.2, -0.15) is 5.10 Å². The van der Waals surface area contributed by atoms with Crippen LogP contribution in [0.25, 0.3) is 5.69 Å². The summed E-state index contributed by atoms with van der Waals surface area (Å²) >= 11 is 3.42. The molecule has 0 bridgehead atoms. The van der Waals surface area contributed by atoms with E-state index < -0.39 is 0 Å². The SMILES string of the molecule is N=C(N)c1ccc(-n2cccn2)c(Br)c1. The molecule has 0 amide bonds. The number of nitrogens with zero attached hydrogens (tertiary/aromatic N) is 2. The molecule has 0 aliphatic carbocycles. The summed E-state index contributed by atoms with van der Waals surface area (Å²) in [7, 11) is 0. The largest absolute Gasteiger partial charge is 0.384 e. The number of aromatic nitrogens is 2. The first-order chi connectivity index (χ1) is 7.18. The average Bonchev–Trinajstić information content (AvgIpc) is 2.70. The number of benzene rings is 1. The summed E-state index contributed by atoms with van der Waals surface area (Å²) in [5.41, 5.74) is 7.01. The molecular weight excluding hydrogens is 256 g/mol. The van der Waals surface area contributed by atoms with Crippen molar-refractivity contribution in [3.63, 3.8) is 0 Å². The number of hydrogen-bond acceptors (Lipinski definition) is 2. The predicted molar refractivity (Wildman–Crippen MR) is 62.3 cm³/mol. The monoisotopic (exact) mass is 264 g/mol. The van der Waals surface area contributed by atoms with Crippen molar-refractivity contribution >= 4 is 21.8 Å². The van der Waals surface area contributed by atoms with Crippen molar-refractivity contribution in [1.82, 2.24) is 9.78 Å². The highest BCUT2D eigenvalue weighted by Crippen LogP contribution is 2.21. The standard InChI is InChI=1S/C10H9BrN4/c11-8-6-7(10(12)13)2-3-9(8)15-5-1-4-14-15/h1-6H,(H3,12,13). The van der Waals surface area contributed by atoms with Gasteiger partial charge in [0.15, 0.2) is 0 Å². The molecule has 76 valence electrons. The molecule has 2 rings (SSSR count). The lowest BCUT2D eigenvalue weighted by Crippen LogP contribution is -2.11. The van der Waals surface area contributed by atoms with Crippen LogP contribution in [0.2, 0.25) is 0 Å². The maximum Gasteiger partial charge on any atom is 0.122 e. The van der Waals surface area contributed by atoms with Gasteiger partial charge < -0.3 is 5.73 Å². The number of nitrogens with one attached hydrogen (secondary N) is 1. The summed E-state index contributed by atoms with van der Waals surface area (Å²) in [6.07, 6.45) is 3.57. The smallest absolute Gasteiger partial charge is 0.122 e. The number of rotatable bonds is 2. The molecule has 1 heterocycles. The Hall–Kier alpha value is -1.62. The zero-order valence-electron chi connectivity index (χ0n) is 7.81. The van der Waals surface area contributed by atoms with Crippen LogP contribution in [-0.4, -0.2) is 15.6 Å². The van der Waals surface area contributed by atoms with E-state index in [1.54, 1.807) is 23.0 Å². The van der Waals surface area contributed by atoms with Gasteiger partial charge in [0.05, 0.1) is 5.69 Å². The van der Waals surface area contributed by atoms with E-state index in [9.17, 15) is 0 Å². The summed E-state index contributed by atoms with van der Waals surface area (Å²) in [5.74, 6) is 0.0581. The Bertz CT molecular complexity index is 490. The van der Waals surface area contributed by atoms with Crippen LogP contribution in [0.1, 0.15) is 5.56 Å². The van der Waals surface area contributed by atoms with Gasteiger partial charge in [0, 0.05) is 22.4 Å². The topological polar surface area (TPSA) is 67.7 Å². The Labute approximate surface area is 95.4 Å². The van der Waals surface area contributed by atoms with Crippen LogP contribution >= 0.6 is 15.9 Å². The van der Waals surface area contributed by atoms with Crippen LogP contribution in [0, 0.1) is 5.41 Å². The predicted octanol–water partition coefficient (Wildman–Crippen LogP) is 1.92. The summed E-state index contributed by atoms with van der Waals surface area (Å²) < 4.78 is 2.60. The van der Waals surface area contributed by atoms with E-state index in [4.69, 9.17) is 11.1 Å². The van der Waals surface area contributed by atoms with E-state index in [1.807, 2.05) is 18.3 Å². The molecule has 0 atom stereocenters. The summed E-state index contributed by atoms with van der Waals surface area (Å²) in [5, 5.41) is 11.4. The normalized spacial score (nSPS) is 10.2. The van der Waals surface area contributed by atoms with Crippen LogP contribution in [0.3, 0.4) is 0 Å². The lowest BCUT2D eigenvalue weighted by atomic mass is 10.2. The fourth-order valence-electron chi connectivity index (χ4n) is 1.27. The van der Waals surface area contributed by atoms with Crippen molar-refractivity contribution < 1.29 is 0 Å². The molecule has 0 aliphatic heterocycles. The van der Waals surface area contributed by atoms with Gasteiger partial charge in [0.2, 0.25) is 0 Å². The molecule has 15 heavy (non-hydrogen) atoms. The number of nitrogen functional groups attached to an aromatic ring is 1. The fraction of sp³-hybridized carbons (Fsp3) is 0. The summed E-state index contributed by atoms with van der Waals surface area (Å²) in [6.45, 7) is 0. The minimum absolute atomic E-state index is 0.0581. The van der Waals surface area contributed by atoms with Gasteiger partial charge in [-0.3, -0.25) is 5.41 Å². The van der Waals surface area contributed by atoms with Gasteiger partial charge in [0.25, 0.3) is 0 Å². The molecular formula is C10H9BrN4. The van der Waals surface area contributed by atoms with Crippen LogP contribution in [0.5, 0.6) is 0 Å². The minimum atomic E-state index is 0.0581. The van der Waals surface area contributed by atoms with Gasteiger partial charge in [-0.15, -0.1) is 0 Å². The zero-order valence-corrected chi connectivity index (χ0v) is 9.40. The lowest BCUT2D eigenvalue weighted by Gasteiger charge is -2.06. The molecule has 0 radical (unpaired) electrons. The zero-order chi connectivity index (χ0) is 10.8. The molecule has 4 nitrogen and oxygen atoms in total. The Balaban J connectivity index is 2.48. The van der Waals surface area contributed by atoms with E-state index in [-0.39, 0.29) is 5.84 Å². The Morgan fingerprint density at radius 2 is 2.27 bits per heavy atom. The van der Waals surface area contributed by atoms with Gasteiger partial charge in [0.1, 0.15) is 5.84 Å². The van der Waals surface area contributed by atoms with E-state index in [0.717, 1.165) is 10.2 Å². The van der Waals surface area contributed by atoms with Crippen molar-refractivity contribution in [3.05, 3.63) is 46.7 Å². The first-order valence-electron chi connectivity index (χ1n) is 4.32. The van der Waals surface area contributed by atoms with Crippen LogP contribution < -0.4 is 5.73 Å². The van der Waals surface area contributed by atoms with Crippen molar-refractivity contribution in [1.29, 1.82) is 5.41 Å². The first kappa shape index (κ1) is 9.92. The highest BCUT2D eigenvalue weighted by Gasteiger charge is 2.04. The van der Waals surface area contributed by atoms with Gasteiger partial charge in [-0.25, -0.2) is 4.68 Å². The molecule has 0 saturated heterocycles. The minimum Gasteiger partial charge on any atom is -0.384 e. The van der Waals surface area contributed by atoms with E-state index >= 15 is 0 Å². The molecule has 0 saturated carbocycles. The molecule has 0 aliphatic rings. The third kappa shape index (κ3) is 1.92. The van der Waals surface area contributed by atoms with Crippen LogP contribution in [-0.2, 0) is 0 Å². The van der Waals surface area contributed by atoms with Gasteiger partial charge in [-0.05, 0) is 40.2 Å². The van der Waals surface area contributed by atoms with Crippen LogP contribution in [0.15, 0.2) is 41.1 Å². The first-order valence-corrected chi connectivity index (χ1v) is 5.12. The molecule has 3 N–H and O–H groups in total. The number of halogens is 1. The fourth-order valence-corrected chi connectivity index (χ4v) is 1.83. The van der Waals surface area contributed by atoms with E-state index in [0.29, 0.717) is 5.56 Å². The lowest BCUT2D eigenvalue weighted by molar-refractivity contribution is 0.876. The maximum atomic E-state index is 7.31. The van der Waals surface area contributed by atoms with E-state index in [2.05, 4.69) is 21.0 Å². The quantitative estimate of drug-likeness (QED) is 0.643. The molecule has 5 heteroatoms. The third-order valence-corrected chi connectivity index (χ3v) is 2.65. The maximum absolute atomic E-state index is 7.31. The second kappa shape index (κ2) is 3.86. The van der Waals surface area contributed by atoms with Crippen LogP contribution in [0.4, 0.5) is 0 Å². The van der Waals surface area contributed by atoms with Crippen molar-refractivity contribution in [2.45, 2.75) is 0 Å². The molecule has 1 aromatic heterocycles. The number of amidine groups is 1. The molecule has 0 fully saturated rings. The number of hydrogen-bond donors (Lipinski definition) is 2. The van der Waals surface area contributed by atoms with E-state index in [1.165, 1.54) is 0 Å². The average molecular weight is 265 g/mol. The molecule has 0 unspecified atom stereocenters. The number of nitrogens with two attached hydrogens (primary N) is 1. The molecule has 2 aromatic rings. The van der Waals surface area contributed by atoms with Gasteiger partial charge in [-0.1, -0.05) is 0 Å². The Morgan fingerprint density at radius 3 is 2.80 bits per heavy atom. The Kier molecular flexibility index (Phi) is 2.55. The highest BCUT2D eigenvalue weighted by atomic mass is 79.9. The van der Waals surface area contributed by atoms with Crippen molar-refractivity contribution in [2.75, 3.05) is 0 Å². The highest BCUT2D eigenvalue weighted by molar-refractivity contribution is 9.10. The van der Waals surface area contributed by atoms with Crippen molar-refractivity contribution in [2.24, 2.45) is 5.73 Å². The van der Waals surface area contributed by atoms with Gasteiger partial charge >= 0.3 is 0 Å².